The maximum absolute atomic E-state index is 15.2. The fourth-order valence-corrected chi connectivity index (χ4v) is 15.3. The molecule has 0 bridgehead atoms. The first-order valence-electron chi connectivity index (χ1n) is 48.9. The predicted octanol–water partition coefficient (Wildman–Crippen LogP) is -3.65. The number of H-pyrrole nitrogens is 1. The van der Waals surface area contributed by atoms with Crippen molar-refractivity contribution in [2.75, 3.05) is 18.8 Å². The molecule has 30 N–H and O–H groups in total. The van der Waals surface area contributed by atoms with E-state index in [4.69, 9.17) is 17.2 Å². The average Bonchev–Trinajstić information content (AvgIpc) is 0.915. The van der Waals surface area contributed by atoms with Crippen molar-refractivity contribution < 1.29 is 136 Å². The highest BCUT2D eigenvalue weighted by atomic mass is 32.1. The van der Waals surface area contributed by atoms with Gasteiger partial charge in [0.25, 0.3) is 0 Å². The van der Waals surface area contributed by atoms with Crippen LogP contribution in [0.25, 0.3) is 0 Å². The first-order valence-corrected chi connectivity index (χ1v) is 49.5. The van der Waals surface area contributed by atoms with Gasteiger partial charge in [-0.25, -0.2) is 9.78 Å². The molecule has 18 amide bonds. The zero-order valence-electron chi connectivity index (χ0n) is 84.7. The smallest absolute Gasteiger partial charge is 0.326 e. The van der Waals surface area contributed by atoms with E-state index in [1.807, 2.05) is 0 Å². The monoisotopic (exact) mass is 2120 g/mol. The summed E-state index contributed by atoms with van der Waals surface area (Å²) < 4.78 is 0. The Morgan fingerprint density at radius 3 is 1.11 bits per heavy atom. The highest BCUT2D eigenvalue weighted by Gasteiger charge is 2.41. The molecule has 1 heterocycles. The number of nitrogens with zero attached hydrogens (tertiary/aromatic N) is 1. The van der Waals surface area contributed by atoms with Crippen molar-refractivity contribution in [3.8, 4) is 11.5 Å². The summed E-state index contributed by atoms with van der Waals surface area (Å²) in [5.74, 6) is -27.5. The predicted molar refractivity (Wildman–Crippen MR) is 542 cm³/mol. The number of aromatic nitrogens is 2. The first kappa shape index (κ1) is 125. The molecule has 0 aliphatic heterocycles. The summed E-state index contributed by atoms with van der Waals surface area (Å²) in [7, 11) is 0. The summed E-state index contributed by atoms with van der Waals surface area (Å²) >= 11 is 4.36. The molecule has 0 aliphatic carbocycles. The van der Waals surface area contributed by atoms with Crippen LogP contribution in [0.4, 0.5) is 0 Å². The van der Waals surface area contributed by atoms with E-state index < -0.39 is 321 Å². The van der Waals surface area contributed by atoms with Crippen LogP contribution in [-0.4, -0.2) is 292 Å². The number of aromatic amines is 1. The Morgan fingerprint density at radius 2 is 0.707 bits per heavy atom. The van der Waals surface area contributed by atoms with E-state index in [-0.39, 0.29) is 85.7 Å². The topological polar surface area (TPSA) is 808 Å². The number of nitrogens with one attached hydrogen (secondary N) is 18. The van der Waals surface area contributed by atoms with Gasteiger partial charge in [0.15, 0.2) is 0 Å². The van der Waals surface area contributed by atoms with Gasteiger partial charge in [0.1, 0.15) is 108 Å². The summed E-state index contributed by atoms with van der Waals surface area (Å²) in [6.07, 6.45) is -3.61. The van der Waals surface area contributed by atoms with Crippen molar-refractivity contribution in [2.24, 2.45) is 35.0 Å². The number of phenolic OH excluding ortho intramolecular Hbond substituents is 2. The summed E-state index contributed by atoms with van der Waals surface area (Å²) in [6.45, 7) is 12.9. The number of primary amides is 1. The van der Waals surface area contributed by atoms with Crippen molar-refractivity contribution in [1.29, 1.82) is 0 Å². The van der Waals surface area contributed by atoms with E-state index in [0.717, 1.165) is 0 Å². The molecule has 820 valence electrons. The molecular weight excluding hydrogens is 1980 g/mol. The number of hydrogen-bond donors (Lipinski definition) is 28. The van der Waals surface area contributed by atoms with Crippen molar-refractivity contribution >= 4 is 143 Å². The van der Waals surface area contributed by atoms with Crippen LogP contribution in [0, 0.1) is 17.8 Å². The SMILES string of the molecule is CC[C@H](C)[C@H](NC(=O)[C@H](CCCCN)NC(=O)[C@H](C)NC(=O)[C@H](CCC(=O)O)NC(=O)[C@H](CC(C)C)NC(=O)[C@H](C)NC(=O)[C@H](C)N)C(=O)N[C@@H](CS)C(=O)N[C@@H](Cc1cnc[nH]1)C(=O)N[C@@H](CCC(N)=O)C(=O)N[C@H](C(=O)N[C@@H](CCC(=O)O)C(=O)N[C@@H](Cc1ccc(O)cc1)C(=O)N[C@@H](Cc1ccc(O)cc1)C(=O)N[C@@H](Cc1ccccc1)C(=O)NCC(=O)N[C@@H](CC(=O)O)C(=O)N[C@@H](Cc1ccccc1)C(=O)O)[C@@H](C)CC. The Balaban J connectivity index is 1.40. The largest absolute Gasteiger partial charge is 0.508 e. The molecule has 1 aromatic heterocycles. The molecular formula is C99H140N22O28S. The highest BCUT2D eigenvalue weighted by molar-refractivity contribution is 7.80. The van der Waals surface area contributed by atoms with Crippen LogP contribution in [0.2, 0.25) is 0 Å². The van der Waals surface area contributed by atoms with E-state index in [1.54, 1.807) is 95.3 Å². The third-order valence-corrected chi connectivity index (χ3v) is 24.4. The number of imidazole rings is 1. The molecule has 0 spiro atoms. The quantitative estimate of drug-likeness (QED) is 0.0132. The Hall–Kier alpha value is -15.7. The van der Waals surface area contributed by atoms with Crippen molar-refractivity contribution in [1.82, 2.24) is 100 Å². The second-order valence-corrected chi connectivity index (χ2v) is 37.2. The van der Waals surface area contributed by atoms with Gasteiger partial charge in [-0.3, -0.25) is 101 Å². The summed E-state index contributed by atoms with van der Waals surface area (Å²) in [4.78, 5) is 311. The lowest BCUT2D eigenvalue weighted by Gasteiger charge is -2.30. The second-order valence-electron chi connectivity index (χ2n) is 36.8. The van der Waals surface area contributed by atoms with Crippen LogP contribution in [0.5, 0.6) is 11.5 Å². The molecule has 0 radical (unpaired) electrons. The molecule has 0 fully saturated rings. The Labute approximate surface area is 870 Å². The van der Waals surface area contributed by atoms with E-state index in [9.17, 15) is 117 Å². The molecule has 0 saturated carbocycles. The third-order valence-electron chi connectivity index (χ3n) is 24.0. The minimum absolute atomic E-state index is 0.0122. The number of aromatic hydroxyl groups is 2. The van der Waals surface area contributed by atoms with Crippen LogP contribution in [0.3, 0.4) is 0 Å². The normalized spacial score (nSPS) is 14.9. The number of carbonyl (C=O) groups excluding carboxylic acids is 18. The Bertz CT molecular complexity index is 5420. The minimum atomic E-state index is -1.92. The molecule has 0 unspecified atom stereocenters. The van der Waals surface area contributed by atoms with Gasteiger partial charge >= 0.3 is 23.9 Å². The summed E-state index contributed by atoms with van der Waals surface area (Å²) in [6, 6.07) is -0.450. The number of aliphatic carboxylic acids is 4. The van der Waals surface area contributed by atoms with E-state index in [0.29, 0.717) is 17.5 Å². The fourth-order valence-electron chi connectivity index (χ4n) is 15.0. The van der Waals surface area contributed by atoms with Crippen molar-refractivity contribution in [3.05, 3.63) is 150 Å². The number of phenols is 2. The maximum atomic E-state index is 15.2. The number of amides is 18. The lowest BCUT2D eigenvalue weighted by molar-refractivity contribution is -0.143. The molecule has 5 aromatic rings. The fraction of sp³-hybridized carbons (Fsp3) is 0.505. The lowest BCUT2D eigenvalue weighted by Crippen LogP contribution is -2.62. The number of rotatable bonds is 67. The molecule has 0 aliphatic rings. The van der Waals surface area contributed by atoms with Gasteiger partial charge in [-0.05, 0) is 137 Å². The van der Waals surface area contributed by atoms with Gasteiger partial charge in [-0.15, -0.1) is 0 Å². The highest BCUT2D eigenvalue weighted by Crippen LogP contribution is 2.21. The van der Waals surface area contributed by atoms with Crippen LogP contribution in [0.15, 0.2) is 122 Å². The number of benzene rings is 4. The average molecular weight is 2120 g/mol. The van der Waals surface area contributed by atoms with Crippen molar-refractivity contribution in [2.45, 2.75) is 281 Å². The maximum Gasteiger partial charge on any atom is 0.326 e. The number of nitrogens with two attached hydrogens (primary N) is 3. The van der Waals surface area contributed by atoms with E-state index in [1.165, 1.54) is 88.8 Å². The van der Waals surface area contributed by atoms with Crippen LogP contribution >= 0.6 is 12.6 Å². The molecule has 0 saturated heterocycles. The van der Waals surface area contributed by atoms with Gasteiger partial charge in [0.2, 0.25) is 106 Å². The Morgan fingerprint density at radius 1 is 0.360 bits per heavy atom. The van der Waals surface area contributed by atoms with Gasteiger partial charge in [0.05, 0.1) is 25.3 Å². The van der Waals surface area contributed by atoms with Crippen molar-refractivity contribution in [3.63, 3.8) is 0 Å². The van der Waals surface area contributed by atoms with Crippen LogP contribution in [-0.2, 0) is 138 Å². The zero-order chi connectivity index (χ0) is 112. The number of unbranched alkanes of at least 4 members (excludes halogenated alkanes) is 1. The van der Waals surface area contributed by atoms with Crippen LogP contribution < -0.4 is 108 Å². The third kappa shape index (κ3) is 44.5. The van der Waals surface area contributed by atoms with Gasteiger partial charge < -0.3 is 143 Å². The standard InChI is InChI=1S/C99H140N22O28S/c1-10-52(5)81(97(146)112-67(35-38-79(128)129)88(137)115-70(42-59-25-29-62(122)30-26-59)93(142)116-71(43-60-27-31-63(123)32-28-60)92(141)114-69(41-57-20-14-12-15-21-57)86(135)104-48-77(125)108-73(46-80(130)131)95(144)118-74(99(148)149)44-58-22-16-13-17-23-58)121-90(139)65(33-36-76(102)124)110-94(143)72(45-61-47-103-50-105-61)117-96(145)75(49-150)119-98(147)82(53(6)11-2)120-89(138)64(24-18-19-39-100)109-84(133)56(9)107-87(136)66(34-37-78(126)127)111-91(140)68(40-51(3)4)113-85(134)55(8)106-83(132)54(7)101/h12-17,20-23,25-32,47,50-56,64-75,81-82,122-123,150H,10-11,18-19,24,33-46,48-49,100-101H2,1-9H3,(H2,102,124)(H,103,105)(H,104,135)(H,106,132)(H,107,136)(H,108,125)(H,109,133)(H,110,143)(H,111,140)(H,112,146)(H,113,134)(H,114,141)(H,115,137)(H,116,142)(H,117,145)(H,118,144)(H,119,147)(H,120,138)(H,121,139)(H,126,127)(H,128,129)(H,130,131)(H,148,149)/t52-,53-,54-,55-,56-,64-,65-,66-,67-,68-,69-,70-,71-,72-,73-,74-,75-,81-,82-/m0/s1. The van der Waals surface area contributed by atoms with E-state index in [2.05, 4.69) is 113 Å². The Kier molecular flexibility index (Phi) is 53.0. The first-order chi connectivity index (χ1) is 70.9. The molecule has 19 atom stereocenters. The molecule has 51 heteroatoms. The summed E-state index contributed by atoms with van der Waals surface area (Å²) in [5, 5.41) is 102. The van der Waals surface area contributed by atoms with E-state index >= 15 is 19.2 Å². The minimum Gasteiger partial charge on any atom is -0.508 e. The lowest BCUT2D eigenvalue weighted by atomic mass is 9.96. The summed E-state index contributed by atoms with van der Waals surface area (Å²) in [5.41, 5.74) is 18.7. The number of carboxylic acid groups (broad SMARTS) is 4. The molecule has 50 nitrogen and oxygen atoms in total. The van der Waals surface area contributed by atoms with Gasteiger partial charge in [0, 0.05) is 69.0 Å². The van der Waals surface area contributed by atoms with Gasteiger partial charge in [-0.1, -0.05) is 139 Å². The molecule has 5 rings (SSSR count). The second kappa shape index (κ2) is 63.8. The number of carbonyl (C=O) groups is 22. The van der Waals surface area contributed by atoms with Gasteiger partial charge in [-0.2, -0.15) is 12.6 Å². The number of thiol groups is 1. The zero-order valence-corrected chi connectivity index (χ0v) is 85.6. The number of hydrogen-bond acceptors (Lipinski definition) is 28. The van der Waals surface area contributed by atoms with Crippen LogP contribution in [0.1, 0.15) is 174 Å². The number of carboxylic acids is 4. The molecule has 150 heavy (non-hydrogen) atoms. The molecule has 4 aromatic carbocycles.